The Kier molecular flexibility index (Phi) is 6.80. The number of carbonyl (C=O) groups excluding carboxylic acids is 3. The molecule has 0 aliphatic rings. The molecule has 0 spiro atoms. The molecule has 3 aromatic carbocycles. The minimum absolute atomic E-state index is 0.327. The lowest BCUT2D eigenvalue weighted by molar-refractivity contribution is -0.145. The van der Waals surface area contributed by atoms with Crippen molar-refractivity contribution in [1.29, 1.82) is 0 Å². The molecule has 1 N–H and O–H groups in total. The van der Waals surface area contributed by atoms with Crippen LogP contribution in [0.5, 0.6) is 5.75 Å². The first kappa shape index (κ1) is 21.0. The molecule has 0 unspecified atom stereocenters. The van der Waals surface area contributed by atoms with Gasteiger partial charge < -0.3 is 14.8 Å². The Morgan fingerprint density at radius 2 is 1.57 bits per heavy atom. The predicted octanol–water partition coefficient (Wildman–Crippen LogP) is 3.78. The molecule has 3 rings (SSSR count). The lowest BCUT2D eigenvalue weighted by atomic mass is 10.1. The van der Waals surface area contributed by atoms with Crippen LogP contribution in [0.3, 0.4) is 0 Å². The number of carbonyl (C=O) groups is 3. The van der Waals surface area contributed by atoms with Gasteiger partial charge in [-0.05, 0) is 61.0 Å². The molecule has 3 aromatic rings. The van der Waals surface area contributed by atoms with Gasteiger partial charge in [-0.3, -0.25) is 14.4 Å². The Labute approximate surface area is 174 Å². The lowest BCUT2D eigenvalue weighted by Crippen LogP contribution is -2.34. The van der Waals surface area contributed by atoms with Crippen LogP contribution in [-0.4, -0.2) is 36.9 Å². The van der Waals surface area contributed by atoms with Crippen molar-refractivity contribution in [2.75, 3.05) is 13.2 Å². The molecule has 0 bridgehead atoms. The van der Waals surface area contributed by atoms with Gasteiger partial charge in [0, 0.05) is 11.1 Å². The number of hydrogen-bond acceptors (Lipinski definition) is 5. The number of esters is 1. The molecule has 0 saturated carbocycles. The van der Waals surface area contributed by atoms with Gasteiger partial charge in [-0.1, -0.05) is 30.3 Å². The summed E-state index contributed by atoms with van der Waals surface area (Å²) >= 11 is 0. The maximum absolute atomic E-state index is 12.4. The van der Waals surface area contributed by atoms with Gasteiger partial charge in [0.15, 0.2) is 6.10 Å². The van der Waals surface area contributed by atoms with Crippen molar-refractivity contribution in [3.8, 4) is 5.75 Å². The van der Waals surface area contributed by atoms with Crippen LogP contribution in [0.25, 0.3) is 10.8 Å². The zero-order valence-corrected chi connectivity index (χ0v) is 16.9. The standard InChI is InChI=1S/C24H23NO5/c1-3-29-21-12-10-18(11-13-21)23(27)16(2)30-22(26)15-25-24(28)20-9-8-17-6-4-5-7-19(17)14-20/h4-14,16H,3,15H2,1-2H3,(H,25,28)/t16-/m0/s1. The van der Waals surface area contributed by atoms with Crippen molar-refractivity contribution >= 4 is 28.4 Å². The van der Waals surface area contributed by atoms with Gasteiger partial charge >= 0.3 is 5.97 Å². The number of ketones is 1. The van der Waals surface area contributed by atoms with Crippen LogP contribution in [0, 0.1) is 0 Å². The highest BCUT2D eigenvalue weighted by Crippen LogP contribution is 2.16. The molecule has 154 valence electrons. The predicted molar refractivity (Wildman–Crippen MR) is 114 cm³/mol. The van der Waals surface area contributed by atoms with Gasteiger partial charge in [0.2, 0.25) is 5.78 Å². The zero-order chi connectivity index (χ0) is 21.5. The van der Waals surface area contributed by atoms with Crippen LogP contribution < -0.4 is 10.1 Å². The molecule has 0 heterocycles. The molecule has 0 aliphatic heterocycles. The quantitative estimate of drug-likeness (QED) is 0.456. The second kappa shape index (κ2) is 9.69. The van der Waals surface area contributed by atoms with E-state index in [2.05, 4.69) is 5.32 Å². The Morgan fingerprint density at radius 3 is 2.27 bits per heavy atom. The third kappa shape index (κ3) is 5.23. The summed E-state index contributed by atoms with van der Waals surface area (Å²) in [5, 5.41) is 4.48. The molecule has 30 heavy (non-hydrogen) atoms. The van der Waals surface area contributed by atoms with Crippen molar-refractivity contribution in [3.05, 3.63) is 77.9 Å². The van der Waals surface area contributed by atoms with E-state index in [1.165, 1.54) is 6.92 Å². The highest BCUT2D eigenvalue weighted by atomic mass is 16.5. The number of Topliss-reactive ketones (excluding diaryl/α,β-unsaturated/α-hetero) is 1. The van der Waals surface area contributed by atoms with E-state index in [4.69, 9.17) is 9.47 Å². The third-order valence-corrected chi connectivity index (χ3v) is 4.53. The SMILES string of the molecule is CCOc1ccc(C(=O)[C@H](C)OC(=O)CNC(=O)c2ccc3ccccc3c2)cc1. The van der Waals surface area contributed by atoms with Crippen molar-refractivity contribution in [2.24, 2.45) is 0 Å². The number of benzene rings is 3. The highest BCUT2D eigenvalue weighted by Gasteiger charge is 2.20. The number of rotatable bonds is 8. The van der Waals surface area contributed by atoms with Crippen LogP contribution >= 0.6 is 0 Å². The summed E-state index contributed by atoms with van der Waals surface area (Å²) < 4.78 is 10.5. The molecule has 1 amide bonds. The molecular weight excluding hydrogens is 382 g/mol. The fourth-order valence-electron chi connectivity index (χ4n) is 2.99. The van der Waals surface area contributed by atoms with E-state index in [9.17, 15) is 14.4 Å². The first-order chi connectivity index (χ1) is 14.5. The van der Waals surface area contributed by atoms with E-state index in [1.54, 1.807) is 36.4 Å². The Balaban J connectivity index is 1.52. The van der Waals surface area contributed by atoms with Gasteiger partial charge in [0.1, 0.15) is 12.3 Å². The summed E-state index contributed by atoms with van der Waals surface area (Å²) in [6, 6.07) is 19.6. The highest BCUT2D eigenvalue weighted by molar-refractivity contribution is 6.01. The van der Waals surface area contributed by atoms with Crippen LogP contribution in [0.2, 0.25) is 0 Å². The average Bonchev–Trinajstić information content (AvgIpc) is 2.77. The van der Waals surface area contributed by atoms with Crippen LogP contribution in [0.4, 0.5) is 0 Å². The van der Waals surface area contributed by atoms with Gasteiger partial charge in [-0.2, -0.15) is 0 Å². The van der Waals surface area contributed by atoms with E-state index in [1.807, 2.05) is 37.3 Å². The summed E-state index contributed by atoms with van der Waals surface area (Å²) in [7, 11) is 0. The van der Waals surface area contributed by atoms with E-state index in [0.29, 0.717) is 23.5 Å². The Hall–Kier alpha value is -3.67. The van der Waals surface area contributed by atoms with Gasteiger partial charge in [0.25, 0.3) is 5.91 Å². The average molecular weight is 405 g/mol. The summed E-state index contributed by atoms with van der Waals surface area (Å²) in [6.45, 7) is 3.58. The van der Waals surface area contributed by atoms with Crippen molar-refractivity contribution in [1.82, 2.24) is 5.32 Å². The first-order valence-electron chi connectivity index (χ1n) is 9.71. The summed E-state index contributed by atoms with van der Waals surface area (Å²) in [5.41, 5.74) is 0.860. The summed E-state index contributed by atoms with van der Waals surface area (Å²) in [5.74, 6) is -0.735. The van der Waals surface area contributed by atoms with Crippen molar-refractivity contribution in [2.45, 2.75) is 20.0 Å². The maximum Gasteiger partial charge on any atom is 0.326 e. The Morgan fingerprint density at radius 1 is 0.900 bits per heavy atom. The number of fused-ring (bicyclic) bond motifs is 1. The summed E-state index contributed by atoms with van der Waals surface area (Å²) in [4.78, 5) is 36.8. The minimum atomic E-state index is -0.965. The van der Waals surface area contributed by atoms with Crippen LogP contribution in [0.15, 0.2) is 66.7 Å². The maximum atomic E-state index is 12.4. The van der Waals surface area contributed by atoms with Gasteiger partial charge in [-0.15, -0.1) is 0 Å². The molecule has 0 fully saturated rings. The zero-order valence-electron chi connectivity index (χ0n) is 16.9. The van der Waals surface area contributed by atoms with E-state index in [-0.39, 0.29) is 18.2 Å². The molecule has 6 heteroatoms. The molecular formula is C24H23NO5. The van der Waals surface area contributed by atoms with E-state index >= 15 is 0 Å². The molecule has 0 saturated heterocycles. The third-order valence-electron chi connectivity index (χ3n) is 4.53. The number of nitrogens with one attached hydrogen (secondary N) is 1. The topological polar surface area (TPSA) is 81.7 Å². The molecule has 0 radical (unpaired) electrons. The normalized spacial score (nSPS) is 11.5. The molecule has 1 atom stereocenters. The monoisotopic (exact) mass is 405 g/mol. The summed E-state index contributed by atoms with van der Waals surface area (Å²) in [6.07, 6.45) is -0.965. The minimum Gasteiger partial charge on any atom is -0.494 e. The second-order valence-corrected chi connectivity index (χ2v) is 6.70. The number of hydrogen-bond donors (Lipinski definition) is 1. The first-order valence-corrected chi connectivity index (χ1v) is 9.71. The fraction of sp³-hybridized carbons (Fsp3) is 0.208. The number of ether oxygens (including phenoxy) is 2. The van der Waals surface area contributed by atoms with Crippen molar-refractivity contribution < 1.29 is 23.9 Å². The fourth-order valence-corrected chi connectivity index (χ4v) is 2.99. The van der Waals surface area contributed by atoms with Crippen molar-refractivity contribution in [3.63, 3.8) is 0 Å². The van der Waals surface area contributed by atoms with Crippen LogP contribution in [0.1, 0.15) is 34.6 Å². The molecule has 6 nitrogen and oxygen atoms in total. The largest absolute Gasteiger partial charge is 0.494 e. The van der Waals surface area contributed by atoms with Gasteiger partial charge in [-0.25, -0.2) is 0 Å². The van der Waals surface area contributed by atoms with Gasteiger partial charge in [0.05, 0.1) is 6.61 Å². The number of amides is 1. The van der Waals surface area contributed by atoms with Crippen LogP contribution in [-0.2, 0) is 9.53 Å². The Bertz CT molecular complexity index is 1060. The lowest BCUT2D eigenvalue weighted by Gasteiger charge is -2.13. The van der Waals surface area contributed by atoms with E-state index in [0.717, 1.165) is 10.8 Å². The van der Waals surface area contributed by atoms with E-state index < -0.39 is 12.1 Å². The second-order valence-electron chi connectivity index (χ2n) is 6.70. The molecule has 0 aliphatic carbocycles. The molecule has 0 aromatic heterocycles. The smallest absolute Gasteiger partial charge is 0.326 e.